The Labute approximate surface area is 182 Å². The molecule has 1 heterocycles. The van der Waals surface area contributed by atoms with Crippen molar-refractivity contribution in [2.75, 3.05) is 38.2 Å². The number of amides is 1. The smallest absolute Gasteiger partial charge is 0.262 e. The summed E-state index contributed by atoms with van der Waals surface area (Å²) in [5.74, 6) is 0.160. The highest BCUT2D eigenvalue weighted by Gasteiger charge is 2.28. The third kappa shape index (κ3) is 5.31. The molecular formula is C21H25ClN2O5S. The number of carbonyl (C=O) groups excluding carboxylic acids is 1. The fourth-order valence-electron chi connectivity index (χ4n) is 3.14. The zero-order chi connectivity index (χ0) is 21.7. The quantitative estimate of drug-likeness (QED) is 0.697. The highest BCUT2D eigenvalue weighted by atomic mass is 35.5. The third-order valence-electron chi connectivity index (χ3n) is 4.83. The minimum absolute atomic E-state index is 0.174. The van der Waals surface area contributed by atoms with Crippen LogP contribution in [0.4, 0.5) is 5.69 Å². The van der Waals surface area contributed by atoms with Gasteiger partial charge >= 0.3 is 0 Å². The molecule has 0 saturated carbocycles. The molecule has 0 bridgehead atoms. The Kier molecular flexibility index (Phi) is 7.36. The number of halogens is 1. The molecule has 0 aliphatic carbocycles. The largest absolute Gasteiger partial charge is 0.484 e. The second-order valence-electron chi connectivity index (χ2n) is 6.94. The first-order valence-electron chi connectivity index (χ1n) is 9.71. The van der Waals surface area contributed by atoms with E-state index in [-0.39, 0.29) is 17.4 Å². The molecule has 0 unspecified atom stereocenters. The molecule has 1 saturated heterocycles. The van der Waals surface area contributed by atoms with Crippen LogP contribution in [0.3, 0.4) is 0 Å². The van der Waals surface area contributed by atoms with E-state index in [0.29, 0.717) is 48.3 Å². The molecule has 0 spiro atoms. The van der Waals surface area contributed by atoms with Gasteiger partial charge in [0, 0.05) is 23.8 Å². The van der Waals surface area contributed by atoms with Crippen molar-refractivity contribution in [3.63, 3.8) is 0 Å². The second-order valence-corrected chi connectivity index (χ2v) is 9.25. The van der Waals surface area contributed by atoms with Gasteiger partial charge in [0.05, 0.1) is 18.1 Å². The number of carbonyl (C=O) groups is 1. The zero-order valence-corrected chi connectivity index (χ0v) is 18.6. The van der Waals surface area contributed by atoms with Gasteiger partial charge in [-0.05, 0) is 54.8 Å². The number of nitrogens with one attached hydrogen (secondary N) is 1. The first-order valence-corrected chi connectivity index (χ1v) is 11.5. The molecule has 3 rings (SSSR count). The Morgan fingerprint density at radius 2 is 1.93 bits per heavy atom. The van der Waals surface area contributed by atoms with Gasteiger partial charge in [-0.25, -0.2) is 8.42 Å². The van der Waals surface area contributed by atoms with Crippen LogP contribution in [0.2, 0.25) is 5.02 Å². The SMILES string of the molecule is CCc1cc(OCC(=O)Nc2ccc(C)c(S(=O)(=O)N3CCOCC3)c2)ccc1Cl. The molecule has 1 aliphatic rings. The Bertz CT molecular complexity index is 1020. The van der Waals surface area contributed by atoms with E-state index < -0.39 is 10.0 Å². The summed E-state index contributed by atoms with van der Waals surface area (Å²) in [6.45, 7) is 4.88. The van der Waals surface area contributed by atoms with E-state index in [1.165, 1.54) is 10.4 Å². The van der Waals surface area contributed by atoms with E-state index in [1.807, 2.05) is 6.92 Å². The Morgan fingerprint density at radius 1 is 1.20 bits per heavy atom. The van der Waals surface area contributed by atoms with Crippen LogP contribution in [0.25, 0.3) is 0 Å². The monoisotopic (exact) mass is 452 g/mol. The highest BCUT2D eigenvalue weighted by molar-refractivity contribution is 7.89. The average molecular weight is 453 g/mol. The number of hydrogen-bond acceptors (Lipinski definition) is 5. The fourth-order valence-corrected chi connectivity index (χ4v) is 5.05. The van der Waals surface area contributed by atoms with Gasteiger partial charge in [-0.3, -0.25) is 4.79 Å². The molecular weight excluding hydrogens is 428 g/mol. The van der Waals surface area contributed by atoms with Crippen LogP contribution in [0.5, 0.6) is 5.75 Å². The lowest BCUT2D eigenvalue weighted by molar-refractivity contribution is -0.118. The zero-order valence-electron chi connectivity index (χ0n) is 17.0. The van der Waals surface area contributed by atoms with Gasteiger partial charge in [0.25, 0.3) is 5.91 Å². The maximum atomic E-state index is 13.0. The van der Waals surface area contributed by atoms with Crippen LogP contribution in [0.1, 0.15) is 18.1 Å². The van der Waals surface area contributed by atoms with E-state index in [2.05, 4.69) is 5.32 Å². The Balaban J connectivity index is 1.68. The fraction of sp³-hybridized carbons (Fsp3) is 0.381. The van der Waals surface area contributed by atoms with Crippen molar-refractivity contribution in [3.05, 3.63) is 52.5 Å². The number of sulfonamides is 1. The van der Waals surface area contributed by atoms with Crippen molar-refractivity contribution >= 4 is 33.2 Å². The van der Waals surface area contributed by atoms with Crippen molar-refractivity contribution in [2.24, 2.45) is 0 Å². The van der Waals surface area contributed by atoms with E-state index in [0.717, 1.165) is 12.0 Å². The number of morpholine rings is 1. The molecule has 162 valence electrons. The molecule has 0 atom stereocenters. The van der Waals surface area contributed by atoms with E-state index in [1.54, 1.807) is 37.3 Å². The van der Waals surface area contributed by atoms with Crippen LogP contribution in [0, 0.1) is 6.92 Å². The summed E-state index contributed by atoms with van der Waals surface area (Å²) in [6.07, 6.45) is 0.756. The van der Waals surface area contributed by atoms with Crippen molar-refractivity contribution in [1.82, 2.24) is 4.31 Å². The lowest BCUT2D eigenvalue weighted by Gasteiger charge is -2.26. The van der Waals surface area contributed by atoms with E-state index in [9.17, 15) is 13.2 Å². The molecule has 30 heavy (non-hydrogen) atoms. The van der Waals surface area contributed by atoms with Crippen molar-refractivity contribution in [1.29, 1.82) is 0 Å². The van der Waals surface area contributed by atoms with Crippen LogP contribution in [-0.2, 0) is 26.0 Å². The maximum Gasteiger partial charge on any atom is 0.262 e. The second kappa shape index (κ2) is 9.78. The summed E-state index contributed by atoms with van der Waals surface area (Å²) in [6, 6.07) is 10.1. The number of rotatable bonds is 7. The predicted octanol–water partition coefficient (Wildman–Crippen LogP) is 3.25. The number of benzene rings is 2. The number of aryl methyl sites for hydroxylation is 2. The summed E-state index contributed by atoms with van der Waals surface area (Å²) in [4.78, 5) is 12.5. The third-order valence-corrected chi connectivity index (χ3v) is 7.24. The predicted molar refractivity (Wildman–Crippen MR) is 116 cm³/mol. The lowest BCUT2D eigenvalue weighted by atomic mass is 10.1. The minimum Gasteiger partial charge on any atom is -0.484 e. The first-order chi connectivity index (χ1) is 14.3. The lowest BCUT2D eigenvalue weighted by Crippen LogP contribution is -2.40. The molecule has 2 aromatic carbocycles. The molecule has 7 nitrogen and oxygen atoms in total. The summed E-state index contributed by atoms with van der Waals surface area (Å²) in [7, 11) is -3.66. The first kappa shape index (κ1) is 22.6. The van der Waals surface area contributed by atoms with Gasteiger partial charge < -0.3 is 14.8 Å². The molecule has 0 aromatic heterocycles. The number of anilines is 1. The minimum atomic E-state index is -3.66. The van der Waals surface area contributed by atoms with Crippen molar-refractivity contribution < 1.29 is 22.7 Å². The molecule has 2 aromatic rings. The summed E-state index contributed by atoms with van der Waals surface area (Å²) in [5.41, 5.74) is 1.95. The number of ether oxygens (including phenoxy) is 2. The van der Waals surface area contributed by atoms with E-state index >= 15 is 0 Å². The van der Waals surface area contributed by atoms with Crippen LogP contribution < -0.4 is 10.1 Å². The Morgan fingerprint density at radius 3 is 2.63 bits per heavy atom. The topological polar surface area (TPSA) is 84.9 Å². The molecule has 1 amide bonds. The standard InChI is InChI=1S/C21H25ClN2O5S/c1-3-16-12-18(6-7-19(16)22)29-14-21(25)23-17-5-4-15(2)20(13-17)30(26,27)24-8-10-28-11-9-24/h4-7,12-13H,3,8-11,14H2,1-2H3,(H,23,25). The van der Waals surface area contributed by atoms with Crippen LogP contribution in [-0.4, -0.2) is 51.5 Å². The summed E-state index contributed by atoms with van der Waals surface area (Å²) >= 11 is 6.09. The molecule has 1 aliphatic heterocycles. The van der Waals surface area contributed by atoms with Gasteiger partial charge in [0.1, 0.15) is 5.75 Å². The van der Waals surface area contributed by atoms with Gasteiger partial charge in [0.15, 0.2) is 6.61 Å². The maximum absolute atomic E-state index is 13.0. The van der Waals surface area contributed by atoms with Gasteiger partial charge in [-0.2, -0.15) is 4.31 Å². The summed E-state index contributed by atoms with van der Waals surface area (Å²) in [5, 5.41) is 3.35. The molecule has 9 heteroatoms. The average Bonchev–Trinajstić information content (AvgIpc) is 2.75. The summed E-state index contributed by atoms with van der Waals surface area (Å²) < 4.78 is 38.1. The van der Waals surface area contributed by atoms with Crippen molar-refractivity contribution in [3.8, 4) is 5.75 Å². The van der Waals surface area contributed by atoms with Gasteiger partial charge in [-0.15, -0.1) is 0 Å². The molecule has 1 N–H and O–H groups in total. The van der Waals surface area contributed by atoms with Gasteiger partial charge in [0.2, 0.25) is 10.0 Å². The van der Waals surface area contributed by atoms with Crippen LogP contribution in [0.15, 0.2) is 41.3 Å². The van der Waals surface area contributed by atoms with Crippen molar-refractivity contribution in [2.45, 2.75) is 25.2 Å². The van der Waals surface area contributed by atoms with Crippen LogP contribution >= 0.6 is 11.6 Å². The normalized spacial score (nSPS) is 15.0. The number of hydrogen-bond donors (Lipinski definition) is 1. The van der Waals surface area contributed by atoms with Gasteiger partial charge in [-0.1, -0.05) is 24.6 Å². The Hall–Kier alpha value is -2.13. The van der Waals surface area contributed by atoms with E-state index in [4.69, 9.17) is 21.1 Å². The highest BCUT2D eigenvalue weighted by Crippen LogP contribution is 2.25. The molecule has 1 fully saturated rings. The number of nitrogens with zero attached hydrogens (tertiary/aromatic N) is 1. The molecule has 0 radical (unpaired) electrons.